The summed E-state index contributed by atoms with van der Waals surface area (Å²) < 4.78 is 79.3. The molecule has 14 heteroatoms. The number of likely N-dealkylation sites (N-methyl/N-ethyl adjacent to an activating group) is 1. The van der Waals surface area contributed by atoms with Gasteiger partial charge in [-0.15, -0.1) is 0 Å². The molecule has 0 atom stereocenters. The molecule has 0 saturated heterocycles. The van der Waals surface area contributed by atoms with E-state index in [2.05, 4.69) is 61.5 Å². The Morgan fingerprint density at radius 2 is 1.42 bits per heavy atom. The van der Waals surface area contributed by atoms with Gasteiger partial charge in [0.05, 0.1) is 15.2 Å². The third-order valence-electron chi connectivity index (χ3n) is 12.1. The number of oxazole rings is 1. The van der Waals surface area contributed by atoms with Crippen molar-refractivity contribution < 1.29 is 86.3 Å². The molecule has 0 spiro atoms. The fourth-order valence-corrected chi connectivity index (χ4v) is 11.3. The van der Waals surface area contributed by atoms with Crippen molar-refractivity contribution in [1.29, 1.82) is 0 Å². The Kier molecular flexibility index (Phi) is 11.0. The molecule has 0 unspecified atom stereocenters. The third-order valence-corrected chi connectivity index (χ3v) is 14.8. The van der Waals surface area contributed by atoms with Crippen LogP contribution in [0.5, 0.6) is 0 Å². The van der Waals surface area contributed by atoms with Crippen molar-refractivity contribution in [3.63, 3.8) is 0 Å². The van der Waals surface area contributed by atoms with Crippen molar-refractivity contribution in [2.24, 2.45) is 0 Å². The van der Waals surface area contributed by atoms with Crippen LogP contribution in [-0.2, 0) is 31.1 Å². The van der Waals surface area contributed by atoms with Crippen LogP contribution in [0.4, 0.5) is 11.4 Å². The number of hydrogen-bond acceptors (Lipinski definition) is 10. The van der Waals surface area contributed by atoms with Crippen LogP contribution in [0.1, 0.15) is 51.7 Å². The maximum absolute atomic E-state index is 11.8. The number of benzene rings is 5. The molecule has 0 saturated carbocycles. The molecule has 300 valence electrons. The van der Waals surface area contributed by atoms with Crippen LogP contribution in [0.3, 0.4) is 0 Å². The first kappa shape index (κ1) is 43.0. The van der Waals surface area contributed by atoms with Crippen LogP contribution in [0, 0.1) is 0 Å². The van der Waals surface area contributed by atoms with Gasteiger partial charge in [0.15, 0.2) is 11.3 Å². The molecule has 10 nitrogen and oxygen atoms in total. The number of anilines is 1. The van der Waals surface area contributed by atoms with Gasteiger partial charge >= 0.3 is 51.4 Å². The zero-order chi connectivity index (χ0) is 41.8. The number of fused-ring (bicyclic) bond motifs is 7. The number of rotatable bonds is 7. The Bertz CT molecular complexity index is 3200. The maximum Gasteiger partial charge on any atom is 1.00 e. The van der Waals surface area contributed by atoms with Gasteiger partial charge in [0, 0.05) is 46.5 Å². The summed E-state index contributed by atoms with van der Waals surface area (Å²) in [5.41, 5.74) is 9.18. The van der Waals surface area contributed by atoms with Gasteiger partial charge in [-0.1, -0.05) is 56.3 Å². The number of hydrogen-bond donors (Lipinski definition) is 0. The van der Waals surface area contributed by atoms with E-state index in [1.807, 2.05) is 62.6 Å². The Morgan fingerprint density at radius 3 is 2.07 bits per heavy atom. The van der Waals surface area contributed by atoms with E-state index < -0.39 is 31.1 Å². The van der Waals surface area contributed by atoms with Crippen LogP contribution >= 0.6 is 11.8 Å². The maximum atomic E-state index is 11.8. The molecule has 0 bridgehead atoms. The van der Waals surface area contributed by atoms with Crippen molar-refractivity contribution in [1.82, 2.24) is 4.98 Å². The van der Waals surface area contributed by atoms with Crippen LogP contribution in [0.2, 0.25) is 0 Å². The average molecular weight is 882 g/mol. The fourth-order valence-electron chi connectivity index (χ4n) is 9.26. The SMILES string of the molecule is CN1/C(=C/C=C2\CCC(/C=C/C3=[N+](C)c4ccc5cc(S(=O)(=O)[O-])ccc5c4C3(C)C)=C2Sc2nc3ccccc3o2)C(C)(C)c2c1ccc1cc(S(=O)(=O)[O-])ccc21.[K+]. The Balaban J connectivity index is 0.00000499. The second-order valence-corrected chi connectivity index (χ2v) is 20.0. The summed E-state index contributed by atoms with van der Waals surface area (Å²) in [4.78, 5) is 7.55. The fraction of sp³-hybridized carbons (Fsp3) is 0.217. The molecular weight excluding hydrogens is 842 g/mol. The predicted molar refractivity (Wildman–Crippen MR) is 231 cm³/mol. The molecule has 1 aliphatic carbocycles. The normalized spacial score (nSPS) is 18.8. The largest absolute Gasteiger partial charge is 1.00 e. The predicted octanol–water partition coefficient (Wildman–Crippen LogP) is 6.59. The molecule has 2 aliphatic heterocycles. The van der Waals surface area contributed by atoms with Crippen molar-refractivity contribution >= 4 is 81.7 Å². The van der Waals surface area contributed by atoms with Crippen molar-refractivity contribution in [3.8, 4) is 0 Å². The van der Waals surface area contributed by atoms with Crippen LogP contribution in [-0.4, -0.2) is 55.3 Å². The monoisotopic (exact) mass is 881 g/mol. The van der Waals surface area contributed by atoms with E-state index in [1.165, 1.54) is 36.0 Å². The van der Waals surface area contributed by atoms with Crippen LogP contribution < -0.4 is 56.3 Å². The van der Waals surface area contributed by atoms with E-state index >= 15 is 0 Å². The zero-order valence-corrected chi connectivity index (χ0v) is 39.8. The van der Waals surface area contributed by atoms with Gasteiger partial charge in [0.25, 0.3) is 5.22 Å². The molecule has 0 fully saturated rings. The summed E-state index contributed by atoms with van der Waals surface area (Å²) in [6.07, 6.45) is 10.3. The zero-order valence-electron chi connectivity index (χ0n) is 34.2. The third kappa shape index (κ3) is 7.22. The van der Waals surface area contributed by atoms with Crippen molar-refractivity contribution in [3.05, 3.63) is 142 Å². The first-order chi connectivity index (χ1) is 27.8. The van der Waals surface area contributed by atoms with Crippen LogP contribution in [0.25, 0.3) is 32.6 Å². The quantitative estimate of drug-likeness (QED) is 0.0979. The second-order valence-electron chi connectivity index (χ2n) is 16.3. The van der Waals surface area contributed by atoms with Gasteiger partial charge < -0.3 is 18.4 Å². The Labute approximate surface area is 396 Å². The molecule has 5 aromatic carbocycles. The van der Waals surface area contributed by atoms with Gasteiger partial charge in [-0.05, 0) is 131 Å². The number of thioether (sulfide) groups is 1. The molecule has 60 heavy (non-hydrogen) atoms. The number of aromatic nitrogens is 1. The van der Waals surface area contributed by atoms with Gasteiger partial charge in [0.2, 0.25) is 5.69 Å². The Morgan fingerprint density at radius 1 is 0.783 bits per heavy atom. The van der Waals surface area contributed by atoms with Gasteiger partial charge in [0.1, 0.15) is 32.8 Å². The minimum Gasteiger partial charge on any atom is -0.744 e. The number of nitrogens with zero attached hydrogens (tertiary/aromatic N) is 3. The summed E-state index contributed by atoms with van der Waals surface area (Å²) >= 11 is 1.51. The van der Waals surface area contributed by atoms with E-state index in [9.17, 15) is 25.9 Å². The average Bonchev–Trinajstić information content (AvgIpc) is 3.87. The van der Waals surface area contributed by atoms with Gasteiger partial charge in [-0.25, -0.2) is 21.8 Å². The molecule has 0 amide bonds. The Hall–Kier alpha value is -3.67. The molecule has 1 aromatic heterocycles. The number of para-hydroxylation sites is 2. The van der Waals surface area contributed by atoms with E-state index in [1.54, 1.807) is 12.1 Å². The van der Waals surface area contributed by atoms with E-state index in [0.717, 1.165) is 79.1 Å². The minimum atomic E-state index is -4.59. The molecule has 3 heterocycles. The summed E-state index contributed by atoms with van der Waals surface area (Å²) in [5.74, 6) is 0. The van der Waals surface area contributed by atoms with Crippen LogP contribution in [0.15, 0.2) is 150 Å². The summed E-state index contributed by atoms with van der Waals surface area (Å²) in [5, 5.41) is 3.74. The smallest absolute Gasteiger partial charge is 0.744 e. The topological polar surface area (TPSA) is 147 Å². The molecular formula is C46H40KN3O7S3. The molecule has 0 radical (unpaired) electrons. The molecule has 0 N–H and O–H groups in total. The second kappa shape index (κ2) is 15.3. The molecule has 9 rings (SSSR count). The first-order valence-electron chi connectivity index (χ1n) is 19.1. The van der Waals surface area contributed by atoms with Crippen molar-refractivity contribution in [2.45, 2.75) is 66.4 Å². The standard InChI is InChI=1S/C46H41N3O7S3.K/c1-45(2)39(48(5)36-21-13-29-25-31(58(50,51)52)17-19-33(29)41(36)45)23-15-27-11-12-28(43(27)57-44-47-35-9-7-8-10-38(35)56-44)16-24-40-46(3,4)42-34-20-18-32(59(53,54)55)26-30(34)14-22-37(42)49(40)6;/h7-10,13-26H,11-12H2,1-6H3,(H-,50,51,52,53,54,55);/q;+1/p-1. The van der Waals surface area contributed by atoms with E-state index in [0.29, 0.717) is 21.6 Å². The van der Waals surface area contributed by atoms with Gasteiger partial charge in [-0.3, -0.25) is 0 Å². The summed E-state index contributed by atoms with van der Waals surface area (Å²) in [7, 11) is -5.11. The number of allylic oxidation sites excluding steroid dienone is 7. The minimum absolute atomic E-state index is 0. The van der Waals surface area contributed by atoms with E-state index in [4.69, 9.17) is 9.40 Å². The van der Waals surface area contributed by atoms with Crippen molar-refractivity contribution in [2.75, 3.05) is 19.0 Å². The molecule has 6 aromatic rings. The summed E-state index contributed by atoms with van der Waals surface area (Å²) in [6.45, 7) is 8.64. The summed E-state index contributed by atoms with van der Waals surface area (Å²) in [6, 6.07) is 24.6. The molecule has 3 aliphatic rings. The van der Waals surface area contributed by atoms with E-state index in [-0.39, 0.29) is 61.2 Å². The van der Waals surface area contributed by atoms with Gasteiger partial charge in [-0.2, -0.15) is 4.58 Å². The first-order valence-corrected chi connectivity index (χ1v) is 22.7.